The summed E-state index contributed by atoms with van der Waals surface area (Å²) in [4.78, 5) is 6.82. The Kier molecular flexibility index (Phi) is 4.44. The molecule has 2 unspecified atom stereocenters. The number of benzene rings is 1. The lowest BCUT2D eigenvalue weighted by molar-refractivity contribution is -0.0533. The molecule has 1 aromatic carbocycles. The quantitative estimate of drug-likeness (QED) is 0.926. The zero-order chi connectivity index (χ0) is 17.4. The molecule has 132 valence electrons. The van der Waals surface area contributed by atoms with Crippen LogP contribution in [0.5, 0.6) is 0 Å². The molecule has 1 N–H and O–H groups in total. The fourth-order valence-corrected chi connectivity index (χ4v) is 3.83. The molecule has 3 aliphatic rings. The molecule has 25 heavy (non-hydrogen) atoms. The summed E-state index contributed by atoms with van der Waals surface area (Å²) in [6, 6.07) is 8.29. The number of hydrogen-bond acceptors (Lipinski definition) is 5. The third kappa shape index (κ3) is 3.26. The number of aromatic nitrogens is 2. The molecule has 4 heterocycles. The highest BCUT2D eigenvalue weighted by Gasteiger charge is 2.39. The van der Waals surface area contributed by atoms with Crippen LogP contribution in [0.1, 0.15) is 44.1 Å². The number of aliphatic hydroxyl groups is 1. The van der Waals surface area contributed by atoms with E-state index < -0.39 is 0 Å². The highest BCUT2D eigenvalue weighted by molar-refractivity contribution is 5.59. The fraction of sp³-hybridized carbons (Fsp3) is 0.500. The van der Waals surface area contributed by atoms with Crippen LogP contribution in [0.2, 0.25) is 0 Å². The van der Waals surface area contributed by atoms with Crippen molar-refractivity contribution in [3.63, 3.8) is 0 Å². The number of piperidine rings is 3. The molecular formula is C20H25N3O2. The van der Waals surface area contributed by atoms with Crippen molar-refractivity contribution < 1.29 is 9.63 Å². The maximum atomic E-state index is 10.5. The smallest absolute Gasteiger partial charge is 0.229 e. The monoisotopic (exact) mass is 339 g/mol. The number of rotatable bonds is 4. The Morgan fingerprint density at radius 1 is 1.20 bits per heavy atom. The molecule has 5 nitrogen and oxygen atoms in total. The van der Waals surface area contributed by atoms with E-state index in [1.807, 2.05) is 26.0 Å². The van der Waals surface area contributed by atoms with E-state index in [2.05, 4.69) is 39.3 Å². The van der Waals surface area contributed by atoms with Crippen LogP contribution < -0.4 is 0 Å². The predicted octanol–water partition coefficient (Wildman–Crippen LogP) is 3.33. The third-order valence-corrected chi connectivity index (χ3v) is 5.42. The summed E-state index contributed by atoms with van der Waals surface area (Å²) in [5.41, 5.74) is 2.07. The summed E-state index contributed by atoms with van der Waals surface area (Å²) in [6.07, 6.45) is 6.28. The maximum absolute atomic E-state index is 10.5. The van der Waals surface area contributed by atoms with Gasteiger partial charge in [-0.1, -0.05) is 55.4 Å². The Hall–Kier alpha value is -1.98. The lowest BCUT2D eigenvalue weighted by Gasteiger charge is -2.47. The Balaban J connectivity index is 1.47. The topological polar surface area (TPSA) is 62.4 Å². The van der Waals surface area contributed by atoms with Gasteiger partial charge in [0.1, 0.15) is 0 Å². The highest BCUT2D eigenvalue weighted by atomic mass is 16.5. The van der Waals surface area contributed by atoms with Gasteiger partial charge in [0.2, 0.25) is 11.7 Å². The van der Waals surface area contributed by atoms with E-state index in [-0.39, 0.29) is 18.1 Å². The second-order valence-corrected chi connectivity index (χ2v) is 7.45. The molecule has 0 aliphatic carbocycles. The molecule has 2 atom stereocenters. The van der Waals surface area contributed by atoms with Gasteiger partial charge in [0, 0.05) is 11.5 Å². The Morgan fingerprint density at radius 2 is 1.92 bits per heavy atom. The predicted molar refractivity (Wildman–Crippen MR) is 96.9 cm³/mol. The average Bonchev–Trinajstić information content (AvgIpc) is 3.13. The molecule has 3 aliphatic heterocycles. The van der Waals surface area contributed by atoms with Crippen molar-refractivity contribution >= 4 is 6.08 Å². The van der Waals surface area contributed by atoms with Gasteiger partial charge in [-0.25, -0.2) is 0 Å². The Labute approximate surface area is 148 Å². The Bertz CT molecular complexity index is 741. The van der Waals surface area contributed by atoms with Gasteiger partial charge in [-0.05, 0) is 37.4 Å². The average molecular weight is 339 g/mol. The van der Waals surface area contributed by atoms with Crippen LogP contribution in [0, 0.1) is 5.92 Å². The molecule has 0 amide bonds. The van der Waals surface area contributed by atoms with Gasteiger partial charge in [-0.2, -0.15) is 4.98 Å². The van der Waals surface area contributed by atoms with E-state index in [0.717, 1.165) is 37.1 Å². The first-order chi connectivity index (χ1) is 12.1. The van der Waals surface area contributed by atoms with Crippen LogP contribution in [0.15, 0.2) is 34.9 Å². The SMILES string of the molecule is CC(C)c1nc(-c2ccc(/C=C/C3C(O)C4CCN3CC4)cc2)no1. The van der Waals surface area contributed by atoms with E-state index in [9.17, 15) is 5.11 Å². The van der Waals surface area contributed by atoms with Gasteiger partial charge >= 0.3 is 0 Å². The number of aliphatic hydroxyl groups excluding tert-OH is 1. The minimum absolute atomic E-state index is 0.151. The summed E-state index contributed by atoms with van der Waals surface area (Å²) in [7, 11) is 0. The summed E-state index contributed by atoms with van der Waals surface area (Å²) < 4.78 is 5.27. The standard InChI is InChI=1S/C20H25N3O2/c1-13(2)20-21-19(22-25-20)16-6-3-14(4-7-16)5-8-17-18(24)15-9-11-23(17)12-10-15/h3-8,13,15,17-18,24H,9-12H2,1-2H3/b8-5+. The molecule has 2 aromatic rings. The van der Waals surface area contributed by atoms with E-state index >= 15 is 0 Å². The van der Waals surface area contributed by atoms with Crippen LogP contribution in [0.3, 0.4) is 0 Å². The Morgan fingerprint density at radius 3 is 2.52 bits per heavy atom. The van der Waals surface area contributed by atoms with Gasteiger partial charge < -0.3 is 9.63 Å². The lowest BCUT2D eigenvalue weighted by Crippen LogP contribution is -2.56. The van der Waals surface area contributed by atoms with E-state index in [4.69, 9.17) is 4.52 Å². The lowest BCUT2D eigenvalue weighted by atomic mass is 9.80. The van der Waals surface area contributed by atoms with Crippen molar-refractivity contribution in [3.8, 4) is 11.4 Å². The van der Waals surface area contributed by atoms with Crippen molar-refractivity contribution in [1.82, 2.24) is 15.0 Å². The molecule has 0 radical (unpaired) electrons. The van der Waals surface area contributed by atoms with E-state index in [1.54, 1.807) is 0 Å². The molecule has 2 bridgehead atoms. The molecule has 3 fully saturated rings. The number of nitrogens with zero attached hydrogens (tertiary/aromatic N) is 3. The third-order valence-electron chi connectivity index (χ3n) is 5.42. The first kappa shape index (κ1) is 16.5. The van der Waals surface area contributed by atoms with Gasteiger partial charge in [0.15, 0.2) is 0 Å². The highest BCUT2D eigenvalue weighted by Crippen LogP contribution is 2.33. The minimum atomic E-state index is -0.230. The molecule has 5 rings (SSSR count). The van der Waals surface area contributed by atoms with Crippen LogP contribution in [0.4, 0.5) is 0 Å². The van der Waals surface area contributed by atoms with Crippen LogP contribution in [0.25, 0.3) is 17.5 Å². The van der Waals surface area contributed by atoms with Gasteiger partial charge in [-0.3, -0.25) is 4.90 Å². The molecule has 0 spiro atoms. The van der Waals surface area contributed by atoms with Crippen molar-refractivity contribution in [2.45, 2.75) is 44.8 Å². The van der Waals surface area contributed by atoms with E-state index in [0.29, 0.717) is 17.6 Å². The summed E-state index contributed by atoms with van der Waals surface area (Å²) in [5.74, 6) is 1.99. The normalized spacial score (nSPS) is 29.0. The van der Waals surface area contributed by atoms with Gasteiger partial charge in [-0.15, -0.1) is 0 Å². The second kappa shape index (κ2) is 6.73. The van der Waals surface area contributed by atoms with Crippen LogP contribution >= 0.6 is 0 Å². The van der Waals surface area contributed by atoms with Gasteiger partial charge in [0.05, 0.1) is 12.1 Å². The van der Waals surface area contributed by atoms with Gasteiger partial charge in [0.25, 0.3) is 0 Å². The van der Waals surface area contributed by atoms with Crippen molar-refractivity contribution in [3.05, 3.63) is 41.8 Å². The zero-order valence-corrected chi connectivity index (χ0v) is 14.8. The van der Waals surface area contributed by atoms with Crippen molar-refractivity contribution in [2.75, 3.05) is 13.1 Å². The number of hydrogen-bond donors (Lipinski definition) is 1. The molecule has 0 saturated carbocycles. The molecule has 5 heteroatoms. The molecule has 1 aromatic heterocycles. The van der Waals surface area contributed by atoms with Crippen LogP contribution in [-0.2, 0) is 0 Å². The molecular weight excluding hydrogens is 314 g/mol. The van der Waals surface area contributed by atoms with Crippen molar-refractivity contribution in [2.24, 2.45) is 5.92 Å². The van der Waals surface area contributed by atoms with Crippen molar-refractivity contribution in [1.29, 1.82) is 0 Å². The fourth-order valence-electron chi connectivity index (χ4n) is 3.83. The largest absolute Gasteiger partial charge is 0.391 e. The minimum Gasteiger partial charge on any atom is -0.391 e. The van der Waals surface area contributed by atoms with E-state index in [1.165, 1.54) is 0 Å². The summed E-state index contributed by atoms with van der Waals surface area (Å²) in [5, 5.41) is 14.5. The van der Waals surface area contributed by atoms with Crippen LogP contribution in [-0.4, -0.2) is 45.4 Å². The first-order valence-electron chi connectivity index (χ1n) is 9.16. The number of fused-ring (bicyclic) bond motifs is 3. The zero-order valence-electron chi connectivity index (χ0n) is 14.8. The second-order valence-electron chi connectivity index (χ2n) is 7.45. The first-order valence-corrected chi connectivity index (χ1v) is 9.16. The summed E-state index contributed by atoms with van der Waals surface area (Å²) >= 11 is 0. The maximum Gasteiger partial charge on any atom is 0.229 e. The summed E-state index contributed by atoms with van der Waals surface area (Å²) in [6.45, 7) is 6.28. The molecule has 3 saturated heterocycles.